The maximum atomic E-state index is 11.3. The first kappa shape index (κ1) is 10.8. The minimum atomic E-state index is -0.588. The molecule has 0 atom stereocenters. The lowest BCUT2D eigenvalue weighted by Gasteiger charge is -1.93. The van der Waals surface area contributed by atoms with E-state index in [1.165, 1.54) is 0 Å². The van der Waals surface area contributed by atoms with Crippen LogP contribution in [0.5, 0.6) is 0 Å². The van der Waals surface area contributed by atoms with Crippen LogP contribution in [0.4, 0.5) is 0 Å². The largest absolute Gasteiger partial charge is 0.459 e. The zero-order valence-corrected chi connectivity index (χ0v) is 9.71. The number of thiophene rings is 1. The molecule has 2 heterocycles. The molecule has 0 fully saturated rings. The third-order valence-electron chi connectivity index (χ3n) is 1.84. The molecule has 5 nitrogen and oxygen atoms in total. The summed E-state index contributed by atoms with van der Waals surface area (Å²) in [5.74, 6) is -0.279. The molecule has 0 aliphatic carbocycles. The number of aryl methyl sites for hydroxylation is 1. The summed E-state index contributed by atoms with van der Waals surface area (Å²) in [5, 5.41) is 3.73. The lowest BCUT2D eigenvalue weighted by Crippen LogP contribution is -2.04. The van der Waals surface area contributed by atoms with Gasteiger partial charge in [0.25, 0.3) is 0 Å². The van der Waals surface area contributed by atoms with Gasteiger partial charge < -0.3 is 9.26 Å². The first-order valence-corrected chi connectivity index (χ1v) is 5.60. The summed E-state index contributed by atoms with van der Waals surface area (Å²) in [4.78, 5) is 17.3. The van der Waals surface area contributed by atoms with Crippen molar-refractivity contribution < 1.29 is 14.1 Å². The molecule has 0 amide bonds. The summed E-state index contributed by atoms with van der Waals surface area (Å²) in [6.07, 6.45) is 0. The predicted octanol–water partition coefficient (Wildman–Crippen LogP) is 2.28. The van der Waals surface area contributed by atoms with Gasteiger partial charge in [-0.15, -0.1) is 11.3 Å². The highest BCUT2D eigenvalue weighted by atomic mass is 32.1. The first-order chi connectivity index (χ1) is 7.70. The Labute approximate surface area is 96.0 Å². The number of nitrogens with zero attached hydrogens (tertiary/aromatic N) is 2. The van der Waals surface area contributed by atoms with Crippen molar-refractivity contribution in [2.24, 2.45) is 0 Å². The molecule has 0 bridgehead atoms. The third-order valence-corrected chi connectivity index (χ3v) is 2.83. The Hall–Kier alpha value is -1.69. The van der Waals surface area contributed by atoms with Gasteiger partial charge in [-0.2, -0.15) is 4.98 Å². The smallest absolute Gasteiger partial charge is 0.397 e. The van der Waals surface area contributed by atoms with Crippen molar-refractivity contribution in [3.05, 3.63) is 22.9 Å². The van der Waals surface area contributed by atoms with E-state index in [9.17, 15) is 4.79 Å². The molecule has 0 radical (unpaired) electrons. The van der Waals surface area contributed by atoms with E-state index in [2.05, 4.69) is 10.1 Å². The third kappa shape index (κ3) is 2.11. The van der Waals surface area contributed by atoms with Crippen molar-refractivity contribution in [1.29, 1.82) is 0 Å². The summed E-state index contributed by atoms with van der Waals surface area (Å²) >= 11 is 1.54. The van der Waals surface area contributed by atoms with Gasteiger partial charge in [0.1, 0.15) is 0 Å². The maximum Gasteiger partial charge on any atom is 0.397 e. The average Bonchev–Trinajstić information content (AvgIpc) is 2.85. The quantitative estimate of drug-likeness (QED) is 0.767. The number of esters is 1. The van der Waals surface area contributed by atoms with E-state index in [-0.39, 0.29) is 12.5 Å². The molecular weight excluding hydrogens is 228 g/mol. The van der Waals surface area contributed by atoms with Crippen LogP contribution in [0.3, 0.4) is 0 Å². The molecule has 0 aliphatic rings. The van der Waals surface area contributed by atoms with Gasteiger partial charge in [0.15, 0.2) is 0 Å². The van der Waals surface area contributed by atoms with Crippen LogP contribution in [0, 0.1) is 6.92 Å². The topological polar surface area (TPSA) is 65.2 Å². The second-order valence-corrected chi connectivity index (χ2v) is 4.34. The SMILES string of the molecule is CCOC(=O)c1nc(-c2ccc(C)s2)no1. The van der Waals surface area contributed by atoms with E-state index in [1.807, 2.05) is 19.1 Å². The van der Waals surface area contributed by atoms with E-state index in [0.29, 0.717) is 5.82 Å². The molecule has 0 unspecified atom stereocenters. The zero-order valence-electron chi connectivity index (χ0n) is 8.89. The standard InChI is InChI=1S/C10H10N2O3S/c1-3-14-10(13)9-11-8(12-15-9)7-5-4-6(2)16-7/h4-5H,3H2,1-2H3. The van der Waals surface area contributed by atoms with Crippen molar-refractivity contribution in [1.82, 2.24) is 10.1 Å². The van der Waals surface area contributed by atoms with Gasteiger partial charge in [0.05, 0.1) is 11.5 Å². The van der Waals surface area contributed by atoms with E-state index < -0.39 is 5.97 Å². The maximum absolute atomic E-state index is 11.3. The molecule has 0 aromatic carbocycles. The minimum Gasteiger partial charge on any atom is -0.459 e. The highest BCUT2D eigenvalue weighted by Gasteiger charge is 2.17. The van der Waals surface area contributed by atoms with Crippen molar-refractivity contribution in [3.63, 3.8) is 0 Å². The zero-order chi connectivity index (χ0) is 11.5. The van der Waals surface area contributed by atoms with Crippen LogP contribution in [-0.2, 0) is 4.74 Å². The van der Waals surface area contributed by atoms with Crippen LogP contribution >= 0.6 is 11.3 Å². The Kier molecular flexibility index (Phi) is 3.00. The summed E-state index contributed by atoms with van der Waals surface area (Å²) in [6.45, 7) is 3.99. The van der Waals surface area contributed by atoms with Gasteiger partial charge in [-0.25, -0.2) is 4.79 Å². The van der Waals surface area contributed by atoms with Crippen LogP contribution in [0.25, 0.3) is 10.7 Å². The second kappa shape index (κ2) is 4.44. The van der Waals surface area contributed by atoms with Crippen molar-refractivity contribution >= 4 is 17.3 Å². The van der Waals surface area contributed by atoms with Gasteiger partial charge in [0.2, 0.25) is 5.82 Å². The Bertz CT molecular complexity index is 504. The van der Waals surface area contributed by atoms with E-state index in [0.717, 1.165) is 9.75 Å². The van der Waals surface area contributed by atoms with Gasteiger partial charge >= 0.3 is 11.9 Å². The molecule has 2 aromatic heterocycles. The molecule has 0 spiro atoms. The van der Waals surface area contributed by atoms with Crippen LogP contribution in [0.15, 0.2) is 16.7 Å². The summed E-state index contributed by atoms with van der Waals surface area (Å²) < 4.78 is 9.56. The fourth-order valence-electron chi connectivity index (χ4n) is 1.15. The molecule has 6 heteroatoms. The molecule has 2 rings (SSSR count). The molecule has 0 aliphatic heterocycles. The summed E-state index contributed by atoms with van der Waals surface area (Å²) in [5.41, 5.74) is 0. The lowest BCUT2D eigenvalue weighted by atomic mass is 10.4. The Morgan fingerprint density at radius 2 is 2.38 bits per heavy atom. The average molecular weight is 238 g/mol. The summed E-state index contributed by atoms with van der Waals surface area (Å²) in [7, 11) is 0. The lowest BCUT2D eigenvalue weighted by molar-refractivity contribution is 0.0470. The van der Waals surface area contributed by atoms with Gasteiger partial charge in [-0.1, -0.05) is 5.16 Å². The van der Waals surface area contributed by atoms with Crippen molar-refractivity contribution in [2.45, 2.75) is 13.8 Å². The highest BCUT2D eigenvalue weighted by Crippen LogP contribution is 2.24. The van der Waals surface area contributed by atoms with E-state index in [4.69, 9.17) is 9.26 Å². The van der Waals surface area contributed by atoms with Gasteiger partial charge in [-0.3, -0.25) is 0 Å². The van der Waals surface area contributed by atoms with Gasteiger partial charge in [0, 0.05) is 4.88 Å². The number of rotatable bonds is 3. The van der Waals surface area contributed by atoms with E-state index in [1.54, 1.807) is 18.3 Å². The predicted molar refractivity (Wildman–Crippen MR) is 58.3 cm³/mol. The molecule has 16 heavy (non-hydrogen) atoms. The fourth-order valence-corrected chi connectivity index (χ4v) is 1.95. The monoisotopic (exact) mass is 238 g/mol. The number of ether oxygens (including phenoxy) is 1. The molecule has 0 saturated carbocycles. The molecule has 0 N–H and O–H groups in total. The van der Waals surface area contributed by atoms with Crippen LogP contribution in [0.1, 0.15) is 22.5 Å². The number of hydrogen-bond acceptors (Lipinski definition) is 6. The molecular formula is C10H10N2O3S. The normalized spacial score (nSPS) is 10.4. The Morgan fingerprint density at radius 3 is 3.00 bits per heavy atom. The van der Waals surface area contributed by atoms with E-state index >= 15 is 0 Å². The molecule has 0 saturated heterocycles. The highest BCUT2D eigenvalue weighted by molar-refractivity contribution is 7.15. The van der Waals surface area contributed by atoms with Crippen molar-refractivity contribution in [3.8, 4) is 10.7 Å². The summed E-state index contributed by atoms with van der Waals surface area (Å²) in [6, 6.07) is 3.85. The number of aromatic nitrogens is 2. The number of carbonyl (C=O) groups is 1. The fraction of sp³-hybridized carbons (Fsp3) is 0.300. The van der Waals surface area contributed by atoms with Gasteiger partial charge in [-0.05, 0) is 26.0 Å². The first-order valence-electron chi connectivity index (χ1n) is 4.78. The molecule has 2 aromatic rings. The minimum absolute atomic E-state index is 0.108. The number of hydrogen-bond donors (Lipinski definition) is 0. The van der Waals surface area contributed by atoms with Crippen LogP contribution in [-0.4, -0.2) is 22.7 Å². The second-order valence-electron chi connectivity index (χ2n) is 3.05. The Balaban J connectivity index is 2.22. The van der Waals surface area contributed by atoms with Crippen molar-refractivity contribution in [2.75, 3.05) is 6.61 Å². The Morgan fingerprint density at radius 1 is 1.56 bits per heavy atom. The van der Waals surface area contributed by atoms with Crippen LogP contribution < -0.4 is 0 Å². The van der Waals surface area contributed by atoms with Crippen LogP contribution in [0.2, 0.25) is 0 Å². The molecule has 84 valence electrons. The number of carbonyl (C=O) groups excluding carboxylic acids is 1.